The van der Waals surface area contributed by atoms with E-state index in [4.69, 9.17) is 28.9 Å². The highest BCUT2D eigenvalue weighted by molar-refractivity contribution is 9.10. The van der Waals surface area contributed by atoms with Gasteiger partial charge in [-0.3, -0.25) is 9.89 Å². The maximum absolute atomic E-state index is 12.3. The number of benzene rings is 2. The molecule has 0 aliphatic rings. The van der Waals surface area contributed by atoms with Crippen LogP contribution in [-0.4, -0.2) is 15.2 Å². The van der Waals surface area contributed by atoms with Crippen LogP contribution in [0, 0.1) is 0 Å². The summed E-state index contributed by atoms with van der Waals surface area (Å²) in [5.74, 6) is 0. The lowest BCUT2D eigenvalue weighted by molar-refractivity contribution is 1.12. The van der Waals surface area contributed by atoms with Crippen LogP contribution in [0.15, 0.2) is 39.7 Å². The van der Waals surface area contributed by atoms with Crippen LogP contribution in [-0.2, 0) is 0 Å². The third-order valence-electron chi connectivity index (χ3n) is 3.93. The molecule has 4 N–H and O–H groups in total. The number of pyridine rings is 1. The van der Waals surface area contributed by atoms with Crippen molar-refractivity contribution >= 4 is 66.6 Å². The van der Waals surface area contributed by atoms with E-state index in [0.29, 0.717) is 31.1 Å². The molecule has 8 heteroatoms. The SMILES string of the molecule is Nc1c(-c2ccc(Cl)c3[nH]ncc23)c2cc(Cl)c(Br)cc2[nH]c1=O. The molecule has 0 spiro atoms. The Morgan fingerprint density at radius 3 is 2.71 bits per heavy atom. The minimum Gasteiger partial charge on any atom is -0.394 e. The van der Waals surface area contributed by atoms with E-state index in [2.05, 4.69) is 31.1 Å². The van der Waals surface area contributed by atoms with E-state index in [1.807, 2.05) is 6.07 Å². The molecule has 0 radical (unpaired) electrons. The number of halogens is 3. The summed E-state index contributed by atoms with van der Waals surface area (Å²) in [5, 5.41) is 9.48. The summed E-state index contributed by atoms with van der Waals surface area (Å²) in [6, 6.07) is 7.08. The zero-order chi connectivity index (χ0) is 17.0. The summed E-state index contributed by atoms with van der Waals surface area (Å²) >= 11 is 15.8. The van der Waals surface area contributed by atoms with Crippen molar-refractivity contribution in [2.45, 2.75) is 0 Å². The van der Waals surface area contributed by atoms with Crippen LogP contribution in [0.2, 0.25) is 10.0 Å². The Balaban J connectivity index is 2.21. The molecule has 0 aliphatic carbocycles. The van der Waals surface area contributed by atoms with Gasteiger partial charge in [-0.25, -0.2) is 0 Å². The third-order valence-corrected chi connectivity index (χ3v) is 5.44. The number of H-pyrrole nitrogens is 2. The molecular formula is C16H9BrCl2N4O. The molecule has 0 saturated carbocycles. The number of hydrogen-bond donors (Lipinski definition) is 3. The zero-order valence-corrected chi connectivity index (χ0v) is 15.1. The first-order valence-corrected chi connectivity index (χ1v) is 8.44. The van der Waals surface area contributed by atoms with Gasteiger partial charge in [-0.05, 0) is 39.7 Å². The number of nitrogens with one attached hydrogen (secondary N) is 2. The summed E-state index contributed by atoms with van der Waals surface area (Å²) in [4.78, 5) is 15.1. The van der Waals surface area contributed by atoms with Gasteiger partial charge in [0.1, 0.15) is 5.69 Å². The number of anilines is 1. The first-order valence-electron chi connectivity index (χ1n) is 6.90. The summed E-state index contributed by atoms with van der Waals surface area (Å²) in [5.41, 5.74) is 8.54. The highest BCUT2D eigenvalue weighted by Gasteiger charge is 2.17. The lowest BCUT2D eigenvalue weighted by atomic mass is 9.97. The standard InChI is InChI=1S/C16H9BrCl2N4O/c17-9-4-12-7(3-11(9)19)13(14(20)16(24)22-12)6-1-2-10(18)15-8(6)5-21-23-15/h1-5H,20H2,(H,21,23)(H,22,24). The van der Waals surface area contributed by atoms with Gasteiger partial charge >= 0.3 is 0 Å². The van der Waals surface area contributed by atoms with E-state index in [1.54, 1.807) is 24.4 Å². The second-order valence-corrected chi connectivity index (χ2v) is 6.98. The van der Waals surface area contributed by atoms with Crippen molar-refractivity contribution in [3.8, 4) is 11.1 Å². The van der Waals surface area contributed by atoms with Crippen LogP contribution in [0.5, 0.6) is 0 Å². The second kappa shape index (κ2) is 5.51. The average Bonchev–Trinajstić information content (AvgIpc) is 3.03. The van der Waals surface area contributed by atoms with Gasteiger partial charge < -0.3 is 10.7 Å². The molecule has 0 amide bonds. The lowest BCUT2D eigenvalue weighted by Crippen LogP contribution is -2.13. The predicted molar refractivity (Wildman–Crippen MR) is 102 cm³/mol. The predicted octanol–water partition coefficient (Wildman–Crippen LogP) is 4.72. The Bertz CT molecular complexity index is 1180. The smallest absolute Gasteiger partial charge is 0.272 e. The minimum absolute atomic E-state index is 0.116. The molecule has 24 heavy (non-hydrogen) atoms. The largest absolute Gasteiger partial charge is 0.394 e. The van der Waals surface area contributed by atoms with Crippen molar-refractivity contribution in [3.05, 3.63) is 55.3 Å². The molecule has 0 atom stereocenters. The van der Waals surface area contributed by atoms with Crippen molar-refractivity contribution in [1.29, 1.82) is 0 Å². The molecule has 0 bridgehead atoms. The number of hydrogen-bond acceptors (Lipinski definition) is 3. The van der Waals surface area contributed by atoms with Crippen LogP contribution in [0.1, 0.15) is 0 Å². The maximum atomic E-state index is 12.3. The molecule has 2 heterocycles. The maximum Gasteiger partial charge on any atom is 0.272 e. The quantitative estimate of drug-likeness (QED) is 0.413. The normalized spacial score (nSPS) is 11.5. The zero-order valence-electron chi connectivity index (χ0n) is 12.0. The van der Waals surface area contributed by atoms with E-state index in [1.165, 1.54) is 0 Å². The van der Waals surface area contributed by atoms with Crippen molar-refractivity contribution in [3.63, 3.8) is 0 Å². The van der Waals surface area contributed by atoms with Gasteiger partial charge in [0.2, 0.25) is 0 Å². The Hall–Kier alpha value is -2.02. The van der Waals surface area contributed by atoms with Crippen molar-refractivity contribution in [1.82, 2.24) is 15.2 Å². The molecular weight excluding hydrogens is 415 g/mol. The Morgan fingerprint density at radius 1 is 1.12 bits per heavy atom. The Labute approximate surface area is 153 Å². The monoisotopic (exact) mass is 422 g/mol. The summed E-state index contributed by atoms with van der Waals surface area (Å²) in [7, 11) is 0. The van der Waals surface area contributed by atoms with Gasteiger partial charge in [-0.15, -0.1) is 0 Å². The van der Waals surface area contributed by atoms with Gasteiger partial charge in [-0.1, -0.05) is 29.3 Å². The van der Waals surface area contributed by atoms with Crippen molar-refractivity contribution in [2.24, 2.45) is 0 Å². The van der Waals surface area contributed by atoms with Gasteiger partial charge in [0.15, 0.2) is 0 Å². The van der Waals surface area contributed by atoms with E-state index in [-0.39, 0.29) is 11.2 Å². The van der Waals surface area contributed by atoms with Crippen molar-refractivity contribution in [2.75, 3.05) is 5.73 Å². The van der Waals surface area contributed by atoms with Crippen molar-refractivity contribution < 1.29 is 0 Å². The fourth-order valence-corrected chi connectivity index (χ4v) is 3.53. The number of aromatic nitrogens is 3. The molecule has 4 rings (SSSR count). The number of nitrogens with zero attached hydrogens (tertiary/aromatic N) is 1. The first-order chi connectivity index (χ1) is 11.5. The van der Waals surface area contributed by atoms with Crippen LogP contribution >= 0.6 is 39.1 Å². The average molecular weight is 424 g/mol. The van der Waals surface area contributed by atoms with Crippen LogP contribution < -0.4 is 11.3 Å². The highest BCUT2D eigenvalue weighted by Crippen LogP contribution is 2.39. The molecule has 0 aliphatic heterocycles. The minimum atomic E-state index is -0.363. The van der Waals surface area contributed by atoms with E-state index < -0.39 is 0 Å². The summed E-state index contributed by atoms with van der Waals surface area (Å²) in [6.45, 7) is 0. The van der Waals surface area contributed by atoms with E-state index in [0.717, 1.165) is 16.3 Å². The molecule has 0 saturated heterocycles. The molecule has 4 aromatic rings. The first kappa shape index (κ1) is 15.5. The van der Waals surface area contributed by atoms with Gasteiger partial charge in [0, 0.05) is 20.8 Å². The van der Waals surface area contributed by atoms with Gasteiger partial charge in [0.05, 0.1) is 27.3 Å². The summed E-state index contributed by atoms with van der Waals surface area (Å²) in [6.07, 6.45) is 1.66. The Kier molecular flexibility index (Phi) is 3.56. The van der Waals surface area contributed by atoms with Crippen LogP contribution in [0.25, 0.3) is 32.9 Å². The highest BCUT2D eigenvalue weighted by atomic mass is 79.9. The molecule has 0 unspecified atom stereocenters. The van der Waals surface area contributed by atoms with E-state index in [9.17, 15) is 4.79 Å². The van der Waals surface area contributed by atoms with Crippen LogP contribution in [0.3, 0.4) is 0 Å². The topological polar surface area (TPSA) is 87.6 Å². The Morgan fingerprint density at radius 2 is 1.92 bits per heavy atom. The number of nitrogens with two attached hydrogens (primary N) is 1. The second-order valence-electron chi connectivity index (χ2n) is 5.31. The molecule has 120 valence electrons. The molecule has 5 nitrogen and oxygen atoms in total. The number of fused-ring (bicyclic) bond motifs is 2. The van der Waals surface area contributed by atoms with Crippen LogP contribution in [0.4, 0.5) is 5.69 Å². The molecule has 0 fully saturated rings. The van der Waals surface area contributed by atoms with Gasteiger partial charge in [-0.2, -0.15) is 5.10 Å². The number of nitrogen functional groups attached to an aromatic ring is 1. The third kappa shape index (κ3) is 2.22. The summed E-state index contributed by atoms with van der Waals surface area (Å²) < 4.78 is 0.688. The number of aromatic amines is 2. The lowest BCUT2D eigenvalue weighted by Gasteiger charge is -2.12. The van der Waals surface area contributed by atoms with Gasteiger partial charge in [0.25, 0.3) is 5.56 Å². The van der Waals surface area contributed by atoms with E-state index >= 15 is 0 Å². The fraction of sp³-hybridized carbons (Fsp3) is 0. The molecule has 2 aromatic carbocycles. The number of rotatable bonds is 1. The molecule has 2 aromatic heterocycles. The fourth-order valence-electron chi connectivity index (χ4n) is 2.82.